The average Bonchev–Trinajstić information content (AvgIpc) is 1.62. The van der Waals surface area contributed by atoms with Gasteiger partial charge in [0.2, 0.25) is 0 Å². The summed E-state index contributed by atoms with van der Waals surface area (Å²) in [6.07, 6.45) is 5.07. The Morgan fingerprint density at radius 2 is 2.11 bits per heavy atom. The number of hydrogen-bond acceptors (Lipinski definition) is 1. The highest BCUT2D eigenvalue weighted by Crippen LogP contribution is 2.27. The van der Waals surface area contributed by atoms with Crippen LogP contribution in [0.3, 0.4) is 0 Å². The molecule has 56 valence electrons. The molecule has 1 saturated heterocycles. The zero-order chi connectivity index (χ0) is 6.91. The quantitative estimate of drug-likeness (QED) is 0.602. The zero-order valence-electron chi connectivity index (χ0n) is 6.26. The van der Waals surface area contributed by atoms with Crippen LogP contribution in [0.5, 0.6) is 0 Å². The molecular weight excluding hydrogens is 148 g/mol. The van der Waals surface area contributed by atoms with Crippen LogP contribution >= 0.6 is 0 Å². The van der Waals surface area contributed by atoms with Crippen LogP contribution < -0.4 is 0 Å². The third-order valence-electron chi connectivity index (χ3n) is 1.99. The summed E-state index contributed by atoms with van der Waals surface area (Å²) in [7, 11) is -0.719. The van der Waals surface area contributed by atoms with Gasteiger partial charge in [-0.25, -0.2) is 8.59 Å². The third kappa shape index (κ3) is 2.01. The maximum absolute atomic E-state index is 5.38. The fourth-order valence-corrected chi connectivity index (χ4v) is 5.34. The van der Waals surface area contributed by atoms with Crippen molar-refractivity contribution in [2.24, 2.45) is 5.92 Å². The largest absolute Gasteiger partial charge is 0.208 e. The molecule has 0 radical (unpaired) electrons. The van der Waals surface area contributed by atoms with Crippen LogP contribution in [-0.4, -0.2) is 17.8 Å². The van der Waals surface area contributed by atoms with Gasteiger partial charge in [-0.1, -0.05) is 24.5 Å². The van der Waals surface area contributed by atoms with Gasteiger partial charge in [0.05, 0.1) is 0 Å². The molecule has 0 atom stereocenters. The van der Waals surface area contributed by atoms with Crippen molar-refractivity contribution in [2.45, 2.75) is 19.8 Å². The Morgan fingerprint density at radius 3 is 2.44 bits per heavy atom. The molecule has 1 fully saturated rings. The van der Waals surface area contributed by atoms with Crippen LogP contribution in [0.2, 0.25) is 0 Å². The summed E-state index contributed by atoms with van der Waals surface area (Å²) in [6, 6.07) is 0. The fourth-order valence-electron chi connectivity index (χ4n) is 1.63. The molecule has 9 heavy (non-hydrogen) atoms. The van der Waals surface area contributed by atoms with Crippen molar-refractivity contribution in [3.63, 3.8) is 0 Å². The first kappa shape index (κ1) is 7.67. The van der Waals surface area contributed by atoms with Crippen molar-refractivity contribution in [1.82, 2.24) is 0 Å². The van der Waals surface area contributed by atoms with Gasteiger partial charge in [0.25, 0.3) is 0 Å². The van der Waals surface area contributed by atoms with Crippen molar-refractivity contribution in [3.8, 4) is 0 Å². The lowest BCUT2D eigenvalue weighted by Crippen LogP contribution is -2.40. The predicted octanol–water partition coefficient (Wildman–Crippen LogP) is 1.39. The van der Waals surface area contributed by atoms with Gasteiger partial charge in [0, 0.05) is 0 Å². The number of hydrogen-bond donors (Lipinski definition) is 1. The summed E-state index contributed by atoms with van der Waals surface area (Å²) in [5.41, 5.74) is 0. The average molecular weight is 164 g/mol. The van der Waals surface area contributed by atoms with E-state index >= 15 is 0 Å². The molecule has 2 heteroatoms. The Kier molecular flexibility index (Phi) is 2.27. The monoisotopic (exact) mass is 164 g/mol. The first-order valence-electron chi connectivity index (χ1n) is 3.69. The lowest BCUT2D eigenvalue weighted by molar-refractivity contribution is 0.562. The van der Waals surface area contributed by atoms with E-state index in [4.69, 9.17) is 11.2 Å². The van der Waals surface area contributed by atoms with E-state index in [1.807, 2.05) is 0 Å². The molecule has 1 aliphatic rings. The van der Waals surface area contributed by atoms with Crippen molar-refractivity contribution >= 4 is 19.8 Å². The van der Waals surface area contributed by atoms with Crippen LogP contribution in [0, 0.1) is 5.92 Å². The molecule has 0 bridgehead atoms. The maximum Gasteiger partial charge on any atom is -0.0166 e. The Morgan fingerprint density at radius 1 is 1.56 bits per heavy atom. The smallest absolute Gasteiger partial charge is 0.0166 e. The topological polar surface area (TPSA) is 0 Å². The Hall–Kier alpha value is 0.570. The standard InChI is InChI=1S/C7H16S2/c1-3-4-7-5-9(2,8)6-7/h7,9H,3-6H2,1-2H3. The summed E-state index contributed by atoms with van der Waals surface area (Å²) in [5, 5.41) is 0. The van der Waals surface area contributed by atoms with E-state index in [-0.39, 0.29) is 0 Å². The normalized spacial score (nSPS) is 35.1. The highest BCUT2D eigenvalue weighted by atomic mass is 32.9. The fraction of sp³-hybridized carbons (Fsp3) is 1.00. The molecule has 0 spiro atoms. The van der Waals surface area contributed by atoms with Crippen LogP contribution in [0.25, 0.3) is 0 Å². The first-order chi connectivity index (χ1) is 4.14. The number of thiol groups is 1. The van der Waals surface area contributed by atoms with Crippen molar-refractivity contribution in [2.75, 3.05) is 17.8 Å². The van der Waals surface area contributed by atoms with Gasteiger partial charge in [-0.2, -0.15) is 0 Å². The Balaban J connectivity index is 2.19. The van der Waals surface area contributed by atoms with Crippen LogP contribution in [0.1, 0.15) is 19.8 Å². The summed E-state index contributed by atoms with van der Waals surface area (Å²) >= 11 is 5.38. The van der Waals surface area contributed by atoms with Crippen LogP contribution in [0.4, 0.5) is 0 Å². The van der Waals surface area contributed by atoms with Crippen molar-refractivity contribution in [3.05, 3.63) is 0 Å². The summed E-state index contributed by atoms with van der Waals surface area (Å²) < 4.78 is 0. The minimum absolute atomic E-state index is 0.719. The lowest BCUT2D eigenvalue weighted by atomic mass is 10.1. The second kappa shape index (κ2) is 2.67. The Bertz CT molecular complexity index is 130. The molecule has 0 aromatic carbocycles. The summed E-state index contributed by atoms with van der Waals surface area (Å²) in [4.78, 5) is 0. The molecule has 0 aromatic rings. The highest BCUT2D eigenvalue weighted by molar-refractivity contribution is 8.40. The summed E-state index contributed by atoms with van der Waals surface area (Å²) in [6.45, 7) is 2.26. The molecule has 0 nitrogen and oxygen atoms in total. The third-order valence-corrected chi connectivity index (χ3v) is 5.46. The van der Waals surface area contributed by atoms with E-state index in [0.29, 0.717) is 0 Å². The molecule has 1 heterocycles. The predicted molar refractivity (Wildman–Crippen MR) is 50.2 cm³/mol. The highest BCUT2D eigenvalue weighted by Gasteiger charge is 2.26. The minimum atomic E-state index is -0.719. The summed E-state index contributed by atoms with van der Waals surface area (Å²) in [5.74, 6) is 3.82. The maximum atomic E-state index is 5.38. The number of rotatable bonds is 2. The molecular formula is C7H16S2. The molecule has 0 saturated carbocycles. The zero-order valence-corrected chi connectivity index (χ0v) is 7.97. The van der Waals surface area contributed by atoms with Crippen LogP contribution in [-0.2, 0) is 19.8 Å². The minimum Gasteiger partial charge on any atom is -0.208 e. The second-order valence-corrected chi connectivity index (χ2v) is 9.29. The molecule has 0 amide bonds. The SMILES string of the molecule is CCCC1C[SH](C)(=S)C1. The van der Waals surface area contributed by atoms with E-state index < -0.39 is 8.59 Å². The van der Waals surface area contributed by atoms with Gasteiger partial charge in [-0.3, -0.25) is 0 Å². The van der Waals surface area contributed by atoms with E-state index in [2.05, 4.69) is 13.2 Å². The first-order valence-corrected chi connectivity index (χ1v) is 7.31. The molecule has 1 rings (SSSR count). The van der Waals surface area contributed by atoms with Crippen molar-refractivity contribution in [1.29, 1.82) is 0 Å². The molecule has 0 aliphatic carbocycles. The second-order valence-electron chi connectivity index (χ2n) is 3.32. The van der Waals surface area contributed by atoms with Gasteiger partial charge in [0.15, 0.2) is 0 Å². The van der Waals surface area contributed by atoms with Gasteiger partial charge in [-0.15, -0.1) is 0 Å². The van der Waals surface area contributed by atoms with Gasteiger partial charge < -0.3 is 0 Å². The van der Waals surface area contributed by atoms with Crippen LogP contribution in [0.15, 0.2) is 0 Å². The molecule has 1 aliphatic heterocycles. The molecule has 0 aromatic heterocycles. The molecule has 0 unspecified atom stereocenters. The van der Waals surface area contributed by atoms with E-state index in [1.165, 1.54) is 24.3 Å². The van der Waals surface area contributed by atoms with Gasteiger partial charge in [0.1, 0.15) is 0 Å². The van der Waals surface area contributed by atoms with E-state index in [1.54, 1.807) is 0 Å². The lowest BCUT2D eigenvalue weighted by Gasteiger charge is -2.40. The van der Waals surface area contributed by atoms with E-state index in [9.17, 15) is 0 Å². The van der Waals surface area contributed by atoms with Gasteiger partial charge >= 0.3 is 0 Å². The van der Waals surface area contributed by atoms with E-state index in [0.717, 1.165) is 5.92 Å². The van der Waals surface area contributed by atoms with Gasteiger partial charge in [-0.05, 0) is 30.1 Å². The Labute approximate surface area is 63.6 Å². The molecule has 0 N–H and O–H groups in total. The van der Waals surface area contributed by atoms with Crippen molar-refractivity contribution < 1.29 is 0 Å².